The molecule has 96 valence electrons. The number of nitrogens with one attached hydrogen (secondary N) is 1. The van der Waals surface area contributed by atoms with Gasteiger partial charge in [0.25, 0.3) is 5.56 Å². The van der Waals surface area contributed by atoms with E-state index in [1.54, 1.807) is 4.57 Å². The van der Waals surface area contributed by atoms with E-state index in [1.165, 1.54) is 11.3 Å². The molecular weight excluding hydrogens is 268 g/mol. The molecule has 0 aromatic carbocycles. The summed E-state index contributed by atoms with van der Waals surface area (Å²) in [4.78, 5) is 16.6. The predicted octanol–water partition coefficient (Wildman–Crippen LogP) is 2.64. The van der Waals surface area contributed by atoms with E-state index in [0.717, 1.165) is 11.3 Å². The van der Waals surface area contributed by atoms with Gasteiger partial charge in [0.1, 0.15) is 4.83 Å². The fraction of sp³-hybridized carbons (Fsp3) is 0.500. The molecule has 1 aliphatic rings. The van der Waals surface area contributed by atoms with Crippen LogP contribution in [0.1, 0.15) is 20.3 Å². The number of hydrogen-bond donors (Lipinski definition) is 1. The molecule has 0 bridgehead atoms. The molecule has 0 amide bonds. The summed E-state index contributed by atoms with van der Waals surface area (Å²) in [5, 5.41) is 2.60. The molecule has 2 aromatic heterocycles. The van der Waals surface area contributed by atoms with Crippen molar-refractivity contribution in [1.29, 1.82) is 0 Å². The average Bonchev–Trinajstić information content (AvgIpc) is 2.88. The van der Waals surface area contributed by atoms with E-state index in [-0.39, 0.29) is 17.2 Å². The van der Waals surface area contributed by atoms with Crippen LogP contribution in [-0.2, 0) is 10.3 Å². The first-order chi connectivity index (χ1) is 8.54. The van der Waals surface area contributed by atoms with Crippen molar-refractivity contribution in [3.63, 3.8) is 0 Å². The highest BCUT2D eigenvalue weighted by atomic mass is 32.1. The number of nitrogens with zero attached hydrogens (tertiary/aromatic N) is 1. The number of aromatic nitrogens is 2. The standard InChI is InChI=1S/C12H14N2O2S2/c1-7-12(2,4-5-16-7)14-10(15)8-3-6-18-9(8)13-11(14)17/h3,6-7H,4-5H2,1-2H3,(H,13,17). The van der Waals surface area contributed by atoms with Crippen LogP contribution in [0.15, 0.2) is 16.2 Å². The fourth-order valence-electron chi connectivity index (χ4n) is 2.52. The normalized spacial score (nSPS) is 28.0. The summed E-state index contributed by atoms with van der Waals surface area (Å²) >= 11 is 6.85. The Labute approximate surface area is 113 Å². The number of H-pyrrole nitrogens is 1. The summed E-state index contributed by atoms with van der Waals surface area (Å²) < 4.78 is 7.78. The van der Waals surface area contributed by atoms with Gasteiger partial charge in [0.2, 0.25) is 0 Å². The summed E-state index contributed by atoms with van der Waals surface area (Å²) in [7, 11) is 0. The van der Waals surface area contributed by atoms with E-state index in [9.17, 15) is 4.79 Å². The molecule has 2 unspecified atom stereocenters. The van der Waals surface area contributed by atoms with Crippen molar-refractivity contribution in [2.45, 2.75) is 31.9 Å². The summed E-state index contributed by atoms with van der Waals surface area (Å²) in [6.07, 6.45) is 0.794. The van der Waals surface area contributed by atoms with Crippen LogP contribution < -0.4 is 5.56 Å². The second-order valence-electron chi connectivity index (χ2n) is 4.85. The highest BCUT2D eigenvalue weighted by molar-refractivity contribution is 7.71. The molecule has 1 N–H and O–H groups in total. The molecule has 0 aliphatic carbocycles. The van der Waals surface area contributed by atoms with Crippen LogP contribution in [-0.4, -0.2) is 22.3 Å². The van der Waals surface area contributed by atoms with Crippen molar-refractivity contribution in [3.05, 3.63) is 26.6 Å². The van der Waals surface area contributed by atoms with Crippen LogP contribution in [0.3, 0.4) is 0 Å². The van der Waals surface area contributed by atoms with E-state index in [2.05, 4.69) is 4.98 Å². The molecule has 4 nitrogen and oxygen atoms in total. The Morgan fingerprint density at radius 3 is 3.11 bits per heavy atom. The highest BCUT2D eigenvalue weighted by Gasteiger charge is 2.40. The topological polar surface area (TPSA) is 47.0 Å². The molecule has 18 heavy (non-hydrogen) atoms. The third-order valence-corrected chi connectivity index (χ3v) is 5.00. The van der Waals surface area contributed by atoms with E-state index < -0.39 is 0 Å². The van der Waals surface area contributed by atoms with Crippen LogP contribution in [0.5, 0.6) is 0 Å². The molecule has 2 atom stereocenters. The van der Waals surface area contributed by atoms with Crippen LogP contribution in [0.2, 0.25) is 0 Å². The zero-order chi connectivity index (χ0) is 12.9. The lowest BCUT2D eigenvalue weighted by molar-refractivity contribution is 0.0737. The molecule has 2 aromatic rings. The Hall–Kier alpha value is -0.980. The smallest absolute Gasteiger partial charge is 0.263 e. The molecule has 1 fully saturated rings. The number of thiophene rings is 1. The maximum Gasteiger partial charge on any atom is 0.263 e. The van der Waals surface area contributed by atoms with Gasteiger partial charge in [0.05, 0.1) is 17.0 Å². The lowest BCUT2D eigenvalue weighted by Gasteiger charge is -2.29. The SMILES string of the molecule is CC1OCCC1(C)n1c(=S)[nH]c2sccc2c1=O. The Bertz CT molecular complexity index is 715. The third-order valence-electron chi connectivity index (χ3n) is 3.88. The second kappa shape index (κ2) is 4.01. The first kappa shape index (κ1) is 12.1. The molecule has 1 aliphatic heterocycles. The van der Waals surface area contributed by atoms with Gasteiger partial charge in [-0.05, 0) is 43.9 Å². The van der Waals surface area contributed by atoms with Gasteiger partial charge >= 0.3 is 0 Å². The molecule has 3 heterocycles. The molecule has 6 heteroatoms. The van der Waals surface area contributed by atoms with Crippen molar-refractivity contribution < 1.29 is 4.74 Å². The number of fused-ring (bicyclic) bond motifs is 1. The lowest BCUT2D eigenvalue weighted by atomic mass is 9.94. The van der Waals surface area contributed by atoms with Crippen molar-refractivity contribution in [2.24, 2.45) is 0 Å². The van der Waals surface area contributed by atoms with Gasteiger partial charge in [-0.2, -0.15) is 0 Å². The van der Waals surface area contributed by atoms with Crippen LogP contribution >= 0.6 is 23.6 Å². The Morgan fingerprint density at radius 1 is 1.67 bits per heavy atom. The Kier molecular flexibility index (Phi) is 2.69. The van der Waals surface area contributed by atoms with Crippen molar-refractivity contribution in [3.8, 4) is 0 Å². The van der Waals surface area contributed by atoms with Crippen LogP contribution in [0.4, 0.5) is 0 Å². The Balaban J connectivity index is 2.35. The maximum atomic E-state index is 12.6. The second-order valence-corrected chi connectivity index (χ2v) is 6.16. The minimum atomic E-state index is -0.360. The number of ether oxygens (including phenoxy) is 1. The van der Waals surface area contributed by atoms with Crippen LogP contribution in [0.25, 0.3) is 10.2 Å². The van der Waals surface area contributed by atoms with E-state index >= 15 is 0 Å². The van der Waals surface area contributed by atoms with Gasteiger partial charge in [-0.3, -0.25) is 9.36 Å². The Morgan fingerprint density at radius 2 is 2.44 bits per heavy atom. The van der Waals surface area contributed by atoms with Gasteiger partial charge in [-0.25, -0.2) is 0 Å². The fourth-order valence-corrected chi connectivity index (χ4v) is 3.76. The maximum absolute atomic E-state index is 12.6. The summed E-state index contributed by atoms with van der Waals surface area (Å²) in [5.41, 5.74) is -0.379. The van der Waals surface area contributed by atoms with Crippen molar-refractivity contribution in [2.75, 3.05) is 6.61 Å². The number of aromatic amines is 1. The van der Waals surface area contributed by atoms with Gasteiger partial charge in [-0.15, -0.1) is 11.3 Å². The molecule has 0 radical (unpaired) electrons. The van der Waals surface area contributed by atoms with Crippen molar-refractivity contribution in [1.82, 2.24) is 9.55 Å². The quantitative estimate of drug-likeness (QED) is 0.818. The average molecular weight is 282 g/mol. The molecule has 0 saturated carbocycles. The zero-order valence-electron chi connectivity index (χ0n) is 10.2. The molecule has 1 saturated heterocycles. The summed E-state index contributed by atoms with van der Waals surface area (Å²) in [6.45, 7) is 4.69. The molecule has 0 spiro atoms. The largest absolute Gasteiger partial charge is 0.376 e. The van der Waals surface area contributed by atoms with E-state index in [4.69, 9.17) is 17.0 Å². The molecular formula is C12H14N2O2S2. The number of rotatable bonds is 1. The first-order valence-corrected chi connectivity index (χ1v) is 7.17. The minimum absolute atomic E-state index is 0.0126. The van der Waals surface area contributed by atoms with E-state index in [0.29, 0.717) is 16.8 Å². The number of hydrogen-bond acceptors (Lipinski definition) is 4. The van der Waals surface area contributed by atoms with Gasteiger partial charge in [-0.1, -0.05) is 0 Å². The monoisotopic (exact) mass is 282 g/mol. The van der Waals surface area contributed by atoms with Gasteiger partial charge < -0.3 is 9.72 Å². The first-order valence-electron chi connectivity index (χ1n) is 5.88. The van der Waals surface area contributed by atoms with Gasteiger partial charge in [0.15, 0.2) is 4.77 Å². The zero-order valence-corrected chi connectivity index (χ0v) is 11.9. The van der Waals surface area contributed by atoms with E-state index in [1.807, 2.05) is 25.3 Å². The lowest BCUT2D eigenvalue weighted by Crippen LogP contribution is -2.44. The van der Waals surface area contributed by atoms with Crippen molar-refractivity contribution >= 4 is 33.8 Å². The molecule has 3 rings (SSSR count). The predicted molar refractivity (Wildman–Crippen MR) is 74.9 cm³/mol. The highest BCUT2D eigenvalue weighted by Crippen LogP contribution is 2.32. The summed E-state index contributed by atoms with van der Waals surface area (Å²) in [6, 6.07) is 1.84. The third kappa shape index (κ3) is 1.52. The summed E-state index contributed by atoms with van der Waals surface area (Å²) in [5.74, 6) is 0. The minimum Gasteiger partial charge on any atom is -0.376 e. The van der Waals surface area contributed by atoms with Crippen LogP contribution in [0, 0.1) is 4.77 Å². The van der Waals surface area contributed by atoms with Gasteiger partial charge in [0, 0.05) is 6.61 Å².